The predicted octanol–water partition coefficient (Wildman–Crippen LogP) is 4.94. The van der Waals surface area contributed by atoms with Crippen LogP contribution in [0.2, 0.25) is 0 Å². The zero-order chi connectivity index (χ0) is 23.5. The van der Waals surface area contributed by atoms with Gasteiger partial charge in [0, 0.05) is 43.3 Å². The summed E-state index contributed by atoms with van der Waals surface area (Å²) in [6.07, 6.45) is 1.96. The molecule has 0 atom stereocenters. The molecule has 3 heterocycles. The van der Waals surface area contributed by atoms with Gasteiger partial charge in [0.2, 0.25) is 5.91 Å². The molecule has 1 aliphatic rings. The number of anilines is 1. The maximum absolute atomic E-state index is 13.1. The Kier molecular flexibility index (Phi) is 6.36. The first-order valence-electron chi connectivity index (χ1n) is 11.5. The number of nitrogens with zero attached hydrogens (tertiary/aromatic N) is 4. The van der Waals surface area contributed by atoms with E-state index in [1.165, 1.54) is 5.56 Å². The van der Waals surface area contributed by atoms with Gasteiger partial charge in [0.1, 0.15) is 17.3 Å². The van der Waals surface area contributed by atoms with Gasteiger partial charge in [0.15, 0.2) is 0 Å². The standard InChI is InChI=1S/C27H28N4O2S/c1-20-9-11-21(12-10-20)22-19-34-27(28-22)24-7-5-13-31(24)18-26(32)30-16-14-29(15-17-30)23-6-3-4-8-25(23)33-2/h3-13,19H,14-18H2,1-2H3. The summed E-state index contributed by atoms with van der Waals surface area (Å²) >= 11 is 1.61. The molecule has 1 saturated heterocycles. The molecular formula is C27H28N4O2S. The molecule has 2 aromatic heterocycles. The summed E-state index contributed by atoms with van der Waals surface area (Å²) in [5.74, 6) is 1.00. The summed E-state index contributed by atoms with van der Waals surface area (Å²) in [6.45, 7) is 5.37. The van der Waals surface area contributed by atoms with Crippen LogP contribution < -0.4 is 9.64 Å². The molecule has 34 heavy (non-hydrogen) atoms. The molecule has 0 aliphatic carbocycles. The number of hydrogen-bond donors (Lipinski definition) is 0. The second kappa shape index (κ2) is 9.73. The molecule has 2 aromatic carbocycles. The van der Waals surface area contributed by atoms with Crippen LogP contribution >= 0.6 is 11.3 Å². The smallest absolute Gasteiger partial charge is 0.242 e. The average Bonchev–Trinajstić information content (AvgIpc) is 3.54. The van der Waals surface area contributed by atoms with Crippen molar-refractivity contribution >= 4 is 22.9 Å². The first-order valence-corrected chi connectivity index (χ1v) is 12.3. The Balaban J connectivity index is 1.24. The fourth-order valence-corrected chi connectivity index (χ4v) is 5.20. The van der Waals surface area contributed by atoms with Crippen LogP contribution in [0.5, 0.6) is 5.75 Å². The summed E-state index contributed by atoms with van der Waals surface area (Å²) in [6, 6.07) is 20.5. The number of amides is 1. The molecule has 0 radical (unpaired) electrons. The predicted molar refractivity (Wildman–Crippen MR) is 137 cm³/mol. The third-order valence-corrected chi connectivity index (χ3v) is 7.13. The van der Waals surface area contributed by atoms with Gasteiger partial charge in [0.25, 0.3) is 0 Å². The normalized spacial score (nSPS) is 13.8. The summed E-state index contributed by atoms with van der Waals surface area (Å²) in [4.78, 5) is 22.2. The van der Waals surface area contributed by atoms with E-state index in [4.69, 9.17) is 9.72 Å². The highest BCUT2D eigenvalue weighted by molar-refractivity contribution is 7.13. The molecule has 7 heteroatoms. The molecule has 0 saturated carbocycles. The summed E-state index contributed by atoms with van der Waals surface area (Å²) < 4.78 is 7.51. The van der Waals surface area contributed by atoms with Gasteiger partial charge in [-0.3, -0.25) is 4.79 Å². The van der Waals surface area contributed by atoms with Crippen LogP contribution in [0.1, 0.15) is 5.56 Å². The van der Waals surface area contributed by atoms with Crippen LogP contribution in [0.25, 0.3) is 22.0 Å². The molecule has 6 nitrogen and oxygen atoms in total. The van der Waals surface area contributed by atoms with Gasteiger partial charge in [-0.15, -0.1) is 11.3 Å². The minimum Gasteiger partial charge on any atom is -0.495 e. The summed E-state index contributed by atoms with van der Waals surface area (Å²) in [5.41, 5.74) is 5.36. The number of piperazine rings is 1. The van der Waals surface area contributed by atoms with Gasteiger partial charge in [-0.25, -0.2) is 4.98 Å². The number of hydrogen-bond acceptors (Lipinski definition) is 5. The molecule has 0 unspecified atom stereocenters. The molecule has 4 aromatic rings. The Morgan fingerprint density at radius 2 is 1.76 bits per heavy atom. The lowest BCUT2D eigenvalue weighted by Gasteiger charge is -2.36. The Bertz CT molecular complexity index is 1270. The van der Waals surface area contributed by atoms with E-state index in [1.54, 1.807) is 18.4 Å². The van der Waals surface area contributed by atoms with Gasteiger partial charge in [0.05, 0.1) is 24.2 Å². The fourth-order valence-electron chi connectivity index (χ4n) is 4.33. The molecule has 0 N–H and O–H groups in total. The number of thiazole rings is 1. The van der Waals surface area contributed by atoms with Crippen LogP contribution in [0.3, 0.4) is 0 Å². The second-order valence-electron chi connectivity index (χ2n) is 8.46. The van der Waals surface area contributed by atoms with Crippen molar-refractivity contribution in [2.75, 3.05) is 38.2 Å². The van der Waals surface area contributed by atoms with Crippen LogP contribution in [-0.4, -0.2) is 53.6 Å². The van der Waals surface area contributed by atoms with Crippen LogP contribution in [-0.2, 0) is 11.3 Å². The van der Waals surface area contributed by atoms with E-state index in [1.807, 2.05) is 46.0 Å². The molecule has 0 bridgehead atoms. The van der Waals surface area contributed by atoms with E-state index in [2.05, 4.69) is 47.5 Å². The van der Waals surface area contributed by atoms with E-state index < -0.39 is 0 Å². The minimum atomic E-state index is 0.132. The maximum atomic E-state index is 13.1. The molecule has 174 valence electrons. The van der Waals surface area contributed by atoms with Crippen molar-refractivity contribution in [2.24, 2.45) is 0 Å². The maximum Gasteiger partial charge on any atom is 0.242 e. The SMILES string of the molecule is COc1ccccc1N1CCN(C(=O)Cn2cccc2-c2nc(-c3ccc(C)cc3)cs2)CC1. The van der Waals surface area contributed by atoms with Crippen molar-refractivity contribution in [3.8, 4) is 27.7 Å². The highest BCUT2D eigenvalue weighted by atomic mass is 32.1. The average molecular weight is 473 g/mol. The van der Waals surface area contributed by atoms with E-state index in [0.29, 0.717) is 19.6 Å². The zero-order valence-electron chi connectivity index (χ0n) is 19.5. The highest BCUT2D eigenvalue weighted by Gasteiger charge is 2.23. The van der Waals surface area contributed by atoms with E-state index in [0.717, 1.165) is 46.5 Å². The van der Waals surface area contributed by atoms with Crippen molar-refractivity contribution in [3.05, 3.63) is 77.8 Å². The zero-order valence-corrected chi connectivity index (χ0v) is 20.3. The Morgan fingerprint density at radius 3 is 2.53 bits per heavy atom. The van der Waals surface area contributed by atoms with Crippen molar-refractivity contribution in [3.63, 3.8) is 0 Å². The Morgan fingerprint density at radius 1 is 1.00 bits per heavy atom. The minimum absolute atomic E-state index is 0.132. The number of rotatable bonds is 6. The monoisotopic (exact) mass is 472 g/mol. The lowest BCUT2D eigenvalue weighted by atomic mass is 10.1. The number of methoxy groups -OCH3 is 1. The van der Waals surface area contributed by atoms with Crippen LogP contribution in [0.15, 0.2) is 72.2 Å². The first-order chi connectivity index (χ1) is 16.6. The van der Waals surface area contributed by atoms with Crippen molar-refractivity contribution in [1.29, 1.82) is 0 Å². The second-order valence-corrected chi connectivity index (χ2v) is 9.32. The third kappa shape index (κ3) is 4.56. The fraction of sp³-hybridized carbons (Fsp3) is 0.259. The summed E-state index contributed by atoms with van der Waals surface area (Å²) in [5, 5.41) is 3.00. The Hall–Kier alpha value is -3.58. The number of para-hydroxylation sites is 2. The van der Waals surface area contributed by atoms with Gasteiger partial charge < -0.3 is 19.1 Å². The van der Waals surface area contributed by atoms with Gasteiger partial charge >= 0.3 is 0 Å². The number of carbonyl (C=O) groups is 1. The molecule has 1 amide bonds. The van der Waals surface area contributed by atoms with E-state index >= 15 is 0 Å². The van der Waals surface area contributed by atoms with Crippen molar-refractivity contribution in [2.45, 2.75) is 13.5 Å². The highest BCUT2D eigenvalue weighted by Crippen LogP contribution is 2.30. The number of benzene rings is 2. The number of ether oxygens (including phenoxy) is 1. The summed E-state index contributed by atoms with van der Waals surface area (Å²) in [7, 11) is 1.69. The Labute approximate surface area is 204 Å². The largest absolute Gasteiger partial charge is 0.495 e. The van der Waals surface area contributed by atoms with Gasteiger partial charge in [-0.2, -0.15) is 0 Å². The third-order valence-electron chi connectivity index (χ3n) is 6.26. The first kappa shape index (κ1) is 22.2. The molecule has 1 aliphatic heterocycles. The van der Waals surface area contributed by atoms with Crippen LogP contribution in [0, 0.1) is 6.92 Å². The number of aryl methyl sites for hydroxylation is 1. The lowest BCUT2D eigenvalue weighted by molar-refractivity contribution is -0.132. The van der Waals surface area contributed by atoms with Crippen LogP contribution in [0.4, 0.5) is 5.69 Å². The van der Waals surface area contributed by atoms with E-state index in [-0.39, 0.29) is 5.91 Å². The number of carbonyl (C=O) groups excluding carboxylic acids is 1. The quantitative estimate of drug-likeness (QED) is 0.399. The van der Waals surface area contributed by atoms with Gasteiger partial charge in [-0.05, 0) is 31.2 Å². The topological polar surface area (TPSA) is 50.6 Å². The molecule has 0 spiro atoms. The lowest BCUT2D eigenvalue weighted by Crippen LogP contribution is -2.49. The molecular weight excluding hydrogens is 444 g/mol. The van der Waals surface area contributed by atoms with E-state index in [9.17, 15) is 4.79 Å². The molecule has 1 fully saturated rings. The van der Waals surface area contributed by atoms with Crippen molar-refractivity contribution < 1.29 is 9.53 Å². The van der Waals surface area contributed by atoms with Crippen molar-refractivity contribution in [1.82, 2.24) is 14.5 Å². The molecule has 5 rings (SSSR count). The van der Waals surface area contributed by atoms with Gasteiger partial charge in [-0.1, -0.05) is 42.0 Å². The number of aromatic nitrogens is 2.